The highest BCUT2D eigenvalue weighted by molar-refractivity contribution is 7.13. The molecule has 7 nitrogen and oxygen atoms in total. The maximum Gasteiger partial charge on any atom is 0.263 e. The minimum absolute atomic E-state index is 0.106. The Balaban J connectivity index is 1.21. The van der Waals surface area contributed by atoms with E-state index < -0.39 is 0 Å². The highest BCUT2D eigenvalue weighted by atomic mass is 32.1. The number of hydrogen-bond acceptors (Lipinski definition) is 6. The number of carbonyl (C=O) groups excluding carboxylic acids is 1. The molecule has 0 spiro atoms. The number of benzene rings is 2. The predicted molar refractivity (Wildman–Crippen MR) is 139 cm³/mol. The first kappa shape index (κ1) is 22.7. The zero-order chi connectivity index (χ0) is 24.4. The fraction of sp³-hybridized carbons (Fsp3) is 0.185. The zero-order valence-electron chi connectivity index (χ0n) is 19.7. The van der Waals surface area contributed by atoms with E-state index in [9.17, 15) is 4.79 Å². The van der Waals surface area contributed by atoms with Crippen LogP contribution in [0.2, 0.25) is 0 Å². The van der Waals surface area contributed by atoms with E-state index in [1.165, 1.54) is 16.9 Å². The molecule has 0 saturated carbocycles. The number of amides is 1. The molecule has 1 amide bonds. The quantitative estimate of drug-likeness (QED) is 0.352. The summed E-state index contributed by atoms with van der Waals surface area (Å²) >= 11 is 1.45. The van der Waals surface area contributed by atoms with Gasteiger partial charge in [0.05, 0.1) is 23.4 Å². The zero-order valence-corrected chi connectivity index (χ0v) is 20.5. The fourth-order valence-electron chi connectivity index (χ4n) is 4.04. The van der Waals surface area contributed by atoms with Gasteiger partial charge in [-0.2, -0.15) is 5.10 Å². The Labute approximate surface area is 207 Å². The Morgan fingerprint density at radius 1 is 1.06 bits per heavy atom. The van der Waals surface area contributed by atoms with Gasteiger partial charge in [0.2, 0.25) is 0 Å². The molecule has 2 aromatic carbocycles. The molecule has 8 heteroatoms. The first-order valence-electron chi connectivity index (χ1n) is 11.4. The molecule has 0 fully saturated rings. The number of carbonyl (C=O) groups is 1. The molecule has 0 radical (unpaired) electrons. The van der Waals surface area contributed by atoms with Gasteiger partial charge in [0.1, 0.15) is 10.7 Å². The van der Waals surface area contributed by atoms with Crippen molar-refractivity contribution in [1.82, 2.24) is 25.1 Å². The Morgan fingerprint density at radius 2 is 1.83 bits per heavy atom. The summed E-state index contributed by atoms with van der Waals surface area (Å²) < 4.78 is 1.93. The number of aromatic nitrogens is 4. The predicted octanol–water partition coefficient (Wildman–Crippen LogP) is 4.66. The third kappa shape index (κ3) is 5.22. The first-order chi connectivity index (χ1) is 16.9. The molecule has 0 unspecified atom stereocenters. The number of pyridine rings is 1. The van der Waals surface area contributed by atoms with Crippen molar-refractivity contribution in [2.45, 2.75) is 33.4 Å². The Morgan fingerprint density at radius 3 is 2.60 bits per heavy atom. The van der Waals surface area contributed by atoms with Crippen LogP contribution in [-0.2, 0) is 19.5 Å². The summed E-state index contributed by atoms with van der Waals surface area (Å²) in [6, 6.07) is 16.3. The van der Waals surface area contributed by atoms with Crippen molar-refractivity contribution in [2.24, 2.45) is 0 Å². The minimum atomic E-state index is -0.106. The third-order valence-corrected chi connectivity index (χ3v) is 7.00. The minimum Gasteiger partial charge on any atom is -0.383 e. The van der Waals surface area contributed by atoms with Crippen LogP contribution in [-0.4, -0.2) is 25.7 Å². The maximum atomic E-state index is 12.9. The molecule has 3 N–H and O–H groups in total. The molecule has 0 aliphatic heterocycles. The summed E-state index contributed by atoms with van der Waals surface area (Å²) in [5.74, 6) is 0.402. The van der Waals surface area contributed by atoms with Gasteiger partial charge in [-0.15, -0.1) is 11.3 Å². The van der Waals surface area contributed by atoms with Crippen molar-refractivity contribution < 1.29 is 4.79 Å². The summed E-state index contributed by atoms with van der Waals surface area (Å²) in [5, 5.41) is 10.2. The van der Waals surface area contributed by atoms with Gasteiger partial charge in [0.15, 0.2) is 0 Å². The van der Waals surface area contributed by atoms with Crippen LogP contribution in [0.3, 0.4) is 0 Å². The van der Waals surface area contributed by atoms with E-state index in [-0.39, 0.29) is 5.91 Å². The Hall–Kier alpha value is -4.04. The molecule has 176 valence electrons. The number of anilines is 1. The van der Waals surface area contributed by atoms with Crippen LogP contribution in [0, 0.1) is 13.8 Å². The van der Waals surface area contributed by atoms with E-state index in [1.807, 2.05) is 55.2 Å². The van der Waals surface area contributed by atoms with E-state index >= 15 is 0 Å². The highest BCUT2D eigenvalue weighted by Crippen LogP contribution is 2.23. The largest absolute Gasteiger partial charge is 0.383 e. The van der Waals surface area contributed by atoms with Gasteiger partial charge in [0, 0.05) is 30.7 Å². The van der Waals surface area contributed by atoms with E-state index in [2.05, 4.69) is 44.6 Å². The number of nitrogen functional groups attached to an aromatic ring is 1. The van der Waals surface area contributed by atoms with Gasteiger partial charge in [-0.25, -0.2) is 9.97 Å². The second-order valence-corrected chi connectivity index (χ2v) is 9.75. The number of thiazole rings is 1. The SMILES string of the molecule is Cc1cnn(Cc2ccc(Cc3nc(C)c(C(=O)NCc4ccc5c(N)nccc5c4)s3)cc2)c1. The first-order valence-corrected chi connectivity index (χ1v) is 12.2. The topological polar surface area (TPSA) is 98.7 Å². The number of nitrogens with two attached hydrogens (primary N) is 1. The van der Waals surface area contributed by atoms with Crippen molar-refractivity contribution >= 4 is 33.8 Å². The maximum absolute atomic E-state index is 12.9. The van der Waals surface area contributed by atoms with Crippen LogP contribution in [0.15, 0.2) is 67.1 Å². The summed E-state index contributed by atoms with van der Waals surface area (Å²) in [7, 11) is 0. The standard InChI is InChI=1S/C27H26N6OS/c1-17-13-31-33(15-17)16-20-5-3-19(4-6-20)12-24-32-18(2)25(35-24)27(34)30-14-21-7-8-23-22(11-21)9-10-29-26(23)28/h3-11,13,15H,12,14,16H2,1-2H3,(H2,28,29)(H,30,34). The smallest absolute Gasteiger partial charge is 0.263 e. The number of nitrogens with zero attached hydrogens (tertiary/aromatic N) is 4. The molecule has 0 aliphatic rings. The van der Waals surface area contributed by atoms with E-state index in [1.54, 1.807) is 6.20 Å². The molecule has 0 aliphatic carbocycles. The van der Waals surface area contributed by atoms with Crippen LogP contribution in [0.4, 0.5) is 5.82 Å². The van der Waals surface area contributed by atoms with Crippen LogP contribution in [0.5, 0.6) is 0 Å². The second-order valence-electron chi connectivity index (χ2n) is 8.67. The highest BCUT2D eigenvalue weighted by Gasteiger charge is 2.15. The summed E-state index contributed by atoms with van der Waals surface area (Å²) in [5.41, 5.74) is 11.2. The summed E-state index contributed by atoms with van der Waals surface area (Å²) in [6.45, 7) is 5.10. The molecule has 0 saturated heterocycles. The van der Waals surface area contributed by atoms with Gasteiger partial charge >= 0.3 is 0 Å². The van der Waals surface area contributed by atoms with Crippen molar-refractivity contribution in [3.05, 3.63) is 105 Å². The fourth-order valence-corrected chi connectivity index (χ4v) is 5.05. The van der Waals surface area contributed by atoms with Gasteiger partial charge in [0.25, 0.3) is 5.91 Å². The Kier molecular flexibility index (Phi) is 6.29. The molecular weight excluding hydrogens is 456 g/mol. The number of nitrogens with one attached hydrogen (secondary N) is 1. The van der Waals surface area contributed by atoms with Crippen molar-refractivity contribution in [1.29, 1.82) is 0 Å². The number of fused-ring (bicyclic) bond motifs is 1. The lowest BCUT2D eigenvalue weighted by Crippen LogP contribution is -2.22. The number of hydrogen-bond donors (Lipinski definition) is 2. The molecule has 35 heavy (non-hydrogen) atoms. The number of rotatable bonds is 7. The van der Waals surface area contributed by atoms with Crippen LogP contribution < -0.4 is 11.1 Å². The lowest BCUT2D eigenvalue weighted by molar-refractivity contribution is 0.0954. The van der Waals surface area contributed by atoms with Crippen LogP contribution in [0.1, 0.15) is 42.6 Å². The van der Waals surface area contributed by atoms with Gasteiger partial charge in [-0.3, -0.25) is 9.48 Å². The molecule has 5 rings (SSSR count). The van der Waals surface area contributed by atoms with E-state index in [0.717, 1.165) is 44.7 Å². The summed E-state index contributed by atoms with van der Waals surface area (Å²) in [4.78, 5) is 22.3. The normalized spacial score (nSPS) is 11.1. The number of aryl methyl sites for hydroxylation is 2. The third-order valence-electron chi connectivity index (χ3n) is 5.85. The molecule has 3 aromatic heterocycles. The molecule has 5 aromatic rings. The Bertz CT molecular complexity index is 1500. The lowest BCUT2D eigenvalue weighted by Gasteiger charge is -2.07. The van der Waals surface area contributed by atoms with Crippen LogP contribution in [0.25, 0.3) is 10.8 Å². The molecular formula is C27H26N6OS. The van der Waals surface area contributed by atoms with Crippen LogP contribution >= 0.6 is 11.3 Å². The average molecular weight is 483 g/mol. The van der Waals surface area contributed by atoms with Crippen molar-refractivity contribution in [3.63, 3.8) is 0 Å². The van der Waals surface area contributed by atoms with Gasteiger partial charge < -0.3 is 11.1 Å². The van der Waals surface area contributed by atoms with Gasteiger partial charge in [-0.1, -0.05) is 36.4 Å². The average Bonchev–Trinajstić information content (AvgIpc) is 3.43. The summed E-state index contributed by atoms with van der Waals surface area (Å²) in [6.07, 6.45) is 6.28. The lowest BCUT2D eigenvalue weighted by atomic mass is 10.1. The van der Waals surface area contributed by atoms with Crippen molar-refractivity contribution in [3.8, 4) is 0 Å². The van der Waals surface area contributed by atoms with E-state index in [0.29, 0.717) is 23.7 Å². The van der Waals surface area contributed by atoms with Gasteiger partial charge in [-0.05, 0) is 53.6 Å². The molecule has 3 heterocycles. The monoisotopic (exact) mass is 482 g/mol. The van der Waals surface area contributed by atoms with E-state index in [4.69, 9.17) is 5.73 Å². The molecule has 0 bridgehead atoms. The van der Waals surface area contributed by atoms with Crippen molar-refractivity contribution in [2.75, 3.05) is 5.73 Å². The second kappa shape index (κ2) is 9.68. The molecule has 0 atom stereocenters.